The molecule has 1 amide bonds. The molecule has 0 unspecified atom stereocenters. The van der Waals surface area contributed by atoms with Crippen molar-refractivity contribution in [1.29, 1.82) is 5.26 Å². The maximum atomic E-state index is 11.8. The van der Waals surface area contributed by atoms with Crippen LogP contribution in [0.25, 0.3) is 0 Å². The molecule has 1 rings (SSSR count). The summed E-state index contributed by atoms with van der Waals surface area (Å²) in [5.74, 6) is 0.523. The molecule has 1 aromatic rings. The van der Waals surface area contributed by atoms with E-state index in [1.165, 1.54) is 0 Å². The Morgan fingerprint density at radius 3 is 2.84 bits per heavy atom. The fraction of sp³-hybridized carbons (Fsp3) is 0.467. The highest BCUT2D eigenvalue weighted by atomic mass is 16.5. The zero-order valence-electron chi connectivity index (χ0n) is 11.3. The van der Waals surface area contributed by atoms with Crippen molar-refractivity contribution >= 4 is 11.6 Å². The molecular weight excluding hydrogens is 240 g/mol. The lowest BCUT2D eigenvalue weighted by Gasteiger charge is -2.10. The van der Waals surface area contributed by atoms with Crippen LogP contribution in [0.3, 0.4) is 0 Å². The van der Waals surface area contributed by atoms with Crippen LogP contribution in [-0.4, -0.2) is 12.5 Å². The van der Waals surface area contributed by atoms with Gasteiger partial charge in [-0.05, 0) is 18.6 Å². The number of hydrogen-bond acceptors (Lipinski definition) is 3. The van der Waals surface area contributed by atoms with Crippen molar-refractivity contribution in [3.63, 3.8) is 0 Å². The van der Waals surface area contributed by atoms with Crippen molar-refractivity contribution in [1.82, 2.24) is 0 Å². The van der Waals surface area contributed by atoms with Gasteiger partial charge in [0.2, 0.25) is 5.91 Å². The van der Waals surface area contributed by atoms with Crippen LogP contribution in [0, 0.1) is 11.3 Å². The lowest BCUT2D eigenvalue weighted by molar-refractivity contribution is -0.116. The van der Waals surface area contributed by atoms with Crippen LogP contribution in [-0.2, 0) is 4.79 Å². The Labute approximate surface area is 114 Å². The number of anilines is 1. The summed E-state index contributed by atoms with van der Waals surface area (Å²) >= 11 is 0. The number of carbonyl (C=O) groups is 1. The highest BCUT2D eigenvalue weighted by Gasteiger charge is 2.07. The van der Waals surface area contributed by atoms with Crippen LogP contribution in [0.4, 0.5) is 5.69 Å². The number of benzene rings is 1. The molecule has 0 saturated carbocycles. The molecule has 0 saturated heterocycles. The standard InChI is InChI=1S/C15H20N2O2/c1-2-3-4-5-10-15(18)17-13-8-6-7-9-14(13)19-12-11-16/h6-9H,2-5,10,12H2,1H3,(H,17,18). The summed E-state index contributed by atoms with van der Waals surface area (Å²) in [6, 6.07) is 9.06. The second kappa shape index (κ2) is 8.98. The normalized spacial score (nSPS) is 9.68. The minimum Gasteiger partial charge on any atom is -0.477 e. The quantitative estimate of drug-likeness (QED) is 0.728. The number of nitriles is 1. The molecule has 19 heavy (non-hydrogen) atoms. The van der Waals surface area contributed by atoms with E-state index in [9.17, 15) is 4.79 Å². The average molecular weight is 260 g/mol. The molecule has 0 radical (unpaired) electrons. The first-order chi connectivity index (χ1) is 9.27. The Morgan fingerprint density at radius 2 is 2.11 bits per heavy atom. The molecule has 4 heteroatoms. The van der Waals surface area contributed by atoms with E-state index in [4.69, 9.17) is 10.00 Å². The minimum atomic E-state index is -0.0244. The summed E-state index contributed by atoms with van der Waals surface area (Å²) in [5, 5.41) is 11.3. The van der Waals surface area contributed by atoms with Crippen molar-refractivity contribution in [2.45, 2.75) is 39.0 Å². The SMILES string of the molecule is CCCCCCC(=O)Nc1ccccc1OCC#N. The van der Waals surface area contributed by atoms with E-state index in [1.807, 2.05) is 18.2 Å². The van der Waals surface area contributed by atoms with E-state index < -0.39 is 0 Å². The number of carbonyl (C=O) groups excluding carboxylic acids is 1. The number of ether oxygens (including phenoxy) is 1. The summed E-state index contributed by atoms with van der Waals surface area (Å²) in [7, 11) is 0. The van der Waals surface area contributed by atoms with Gasteiger partial charge in [-0.2, -0.15) is 5.26 Å². The number of para-hydroxylation sites is 2. The number of nitrogens with zero attached hydrogens (tertiary/aromatic N) is 1. The van der Waals surface area contributed by atoms with Gasteiger partial charge in [0.25, 0.3) is 0 Å². The predicted octanol–water partition coefficient (Wildman–Crippen LogP) is 3.50. The summed E-state index contributed by atoms with van der Waals surface area (Å²) < 4.78 is 5.25. The van der Waals surface area contributed by atoms with Gasteiger partial charge in [0.05, 0.1) is 5.69 Å². The van der Waals surface area contributed by atoms with E-state index in [0.717, 1.165) is 25.7 Å². The average Bonchev–Trinajstić information content (AvgIpc) is 2.43. The lowest BCUT2D eigenvalue weighted by Crippen LogP contribution is -2.12. The molecule has 0 aliphatic carbocycles. The zero-order chi connectivity index (χ0) is 13.9. The Balaban J connectivity index is 2.47. The van der Waals surface area contributed by atoms with Crippen molar-refractivity contribution in [2.24, 2.45) is 0 Å². The van der Waals surface area contributed by atoms with E-state index >= 15 is 0 Å². The molecule has 1 aromatic carbocycles. The van der Waals surface area contributed by atoms with Crippen LogP contribution in [0.2, 0.25) is 0 Å². The second-order valence-corrected chi connectivity index (χ2v) is 4.30. The van der Waals surface area contributed by atoms with Gasteiger partial charge in [0.15, 0.2) is 6.61 Å². The van der Waals surface area contributed by atoms with Crippen LogP contribution in [0.15, 0.2) is 24.3 Å². The van der Waals surface area contributed by atoms with E-state index in [0.29, 0.717) is 17.9 Å². The lowest BCUT2D eigenvalue weighted by atomic mass is 10.1. The first-order valence-electron chi connectivity index (χ1n) is 6.66. The van der Waals surface area contributed by atoms with Gasteiger partial charge in [-0.15, -0.1) is 0 Å². The molecule has 0 aromatic heterocycles. The molecule has 0 heterocycles. The summed E-state index contributed by atoms with van der Waals surface area (Å²) in [4.78, 5) is 11.8. The molecule has 0 spiro atoms. The summed E-state index contributed by atoms with van der Waals surface area (Å²) in [6.45, 7) is 2.12. The predicted molar refractivity (Wildman–Crippen MR) is 74.9 cm³/mol. The Bertz CT molecular complexity index is 438. The third-order valence-electron chi connectivity index (χ3n) is 2.71. The van der Waals surface area contributed by atoms with Gasteiger partial charge >= 0.3 is 0 Å². The third-order valence-corrected chi connectivity index (χ3v) is 2.71. The smallest absolute Gasteiger partial charge is 0.224 e. The van der Waals surface area contributed by atoms with Crippen molar-refractivity contribution < 1.29 is 9.53 Å². The molecule has 4 nitrogen and oxygen atoms in total. The van der Waals surface area contributed by atoms with Crippen LogP contribution in [0.5, 0.6) is 5.75 Å². The molecule has 0 aliphatic heterocycles. The molecule has 0 atom stereocenters. The highest BCUT2D eigenvalue weighted by molar-refractivity contribution is 5.92. The van der Waals surface area contributed by atoms with Gasteiger partial charge in [-0.1, -0.05) is 38.3 Å². The van der Waals surface area contributed by atoms with Crippen LogP contribution < -0.4 is 10.1 Å². The van der Waals surface area contributed by atoms with Crippen LogP contribution >= 0.6 is 0 Å². The molecule has 0 aliphatic rings. The maximum Gasteiger partial charge on any atom is 0.224 e. The molecule has 1 N–H and O–H groups in total. The highest BCUT2D eigenvalue weighted by Crippen LogP contribution is 2.23. The van der Waals surface area contributed by atoms with Gasteiger partial charge in [-0.25, -0.2) is 0 Å². The number of hydrogen-bond donors (Lipinski definition) is 1. The zero-order valence-corrected chi connectivity index (χ0v) is 11.3. The fourth-order valence-corrected chi connectivity index (χ4v) is 1.73. The first-order valence-corrected chi connectivity index (χ1v) is 6.66. The molecule has 0 bridgehead atoms. The van der Waals surface area contributed by atoms with Crippen molar-refractivity contribution in [3.8, 4) is 11.8 Å². The fourth-order valence-electron chi connectivity index (χ4n) is 1.73. The Morgan fingerprint density at radius 1 is 1.32 bits per heavy atom. The molecule has 102 valence electrons. The number of nitrogens with one attached hydrogen (secondary N) is 1. The van der Waals surface area contributed by atoms with Gasteiger partial charge < -0.3 is 10.1 Å². The molecule has 0 fully saturated rings. The molecular formula is C15H20N2O2. The van der Waals surface area contributed by atoms with Gasteiger partial charge in [0, 0.05) is 6.42 Å². The number of rotatable bonds is 8. The summed E-state index contributed by atoms with van der Waals surface area (Å²) in [6.07, 6.45) is 4.82. The Hall–Kier alpha value is -2.02. The number of unbranched alkanes of at least 4 members (excludes halogenated alkanes) is 3. The maximum absolute atomic E-state index is 11.8. The Kier molecular flexibility index (Phi) is 7.11. The van der Waals surface area contributed by atoms with E-state index in [-0.39, 0.29) is 12.5 Å². The van der Waals surface area contributed by atoms with Crippen molar-refractivity contribution in [2.75, 3.05) is 11.9 Å². The van der Waals surface area contributed by atoms with Gasteiger partial charge in [-0.3, -0.25) is 4.79 Å². The largest absolute Gasteiger partial charge is 0.477 e. The minimum absolute atomic E-state index is 0.0101. The van der Waals surface area contributed by atoms with Gasteiger partial charge in [0.1, 0.15) is 11.8 Å². The van der Waals surface area contributed by atoms with Crippen LogP contribution in [0.1, 0.15) is 39.0 Å². The first kappa shape index (κ1) is 15.0. The topological polar surface area (TPSA) is 62.1 Å². The summed E-state index contributed by atoms with van der Waals surface area (Å²) in [5.41, 5.74) is 0.623. The van der Waals surface area contributed by atoms with E-state index in [2.05, 4.69) is 12.2 Å². The monoisotopic (exact) mass is 260 g/mol. The third kappa shape index (κ3) is 5.91. The number of amides is 1. The van der Waals surface area contributed by atoms with Crippen molar-refractivity contribution in [3.05, 3.63) is 24.3 Å². The van der Waals surface area contributed by atoms with E-state index in [1.54, 1.807) is 12.1 Å². The second-order valence-electron chi connectivity index (χ2n) is 4.30.